The lowest BCUT2D eigenvalue weighted by molar-refractivity contribution is -0.145. The Morgan fingerprint density at radius 3 is 1.24 bits per heavy atom. The van der Waals surface area contributed by atoms with Crippen LogP contribution in [0.1, 0.15) is 367 Å². The maximum absolute atomic E-state index is 13.3. The summed E-state index contributed by atoms with van der Waals surface area (Å²) in [5, 5.41) is 11.8. The number of nitrogens with zero attached hydrogens (tertiary/aromatic N) is 2. The third-order valence-corrected chi connectivity index (χ3v) is 23.5. The van der Waals surface area contributed by atoms with Crippen LogP contribution < -0.4 is 31.0 Å². The van der Waals surface area contributed by atoms with E-state index in [0.29, 0.717) is 95.2 Å². The molecule has 20 nitrogen and oxygen atoms in total. The van der Waals surface area contributed by atoms with Crippen molar-refractivity contribution in [2.24, 2.45) is 45.5 Å². The molecule has 21 heteroatoms. The van der Waals surface area contributed by atoms with E-state index in [-0.39, 0.29) is 83.2 Å². The first-order valence-corrected chi connectivity index (χ1v) is 51.0. The van der Waals surface area contributed by atoms with E-state index in [9.17, 15) is 38.4 Å². The Morgan fingerprint density at radius 1 is 0.441 bits per heavy atom. The normalized spacial score (nSPS) is 11.9. The number of carbonyl (C=O) groups is 8. The van der Waals surface area contributed by atoms with Crippen LogP contribution in [0.2, 0.25) is 0 Å². The summed E-state index contributed by atoms with van der Waals surface area (Å²) in [4.78, 5) is 95.5. The molecule has 6 N–H and O–H groups in total. The third-order valence-electron chi connectivity index (χ3n) is 23.3. The van der Waals surface area contributed by atoms with Crippen molar-refractivity contribution >= 4 is 58.8 Å². The van der Waals surface area contributed by atoms with Crippen LogP contribution in [0.4, 0.5) is 0 Å². The number of carboxylic acids is 1. The number of aliphatic carboxylic acids is 1. The lowest BCUT2D eigenvalue weighted by Crippen LogP contribution is -2.41. The minimum atomic E-state index is -0.976. The Hall–Kier alpha value is -8.95. The van der Waals surface area contributed by atoms with Crippen molar-refractivity contribution < 1.29 is 71.9 Å². The average Bonchev–Trinajstić information content (AvgIpc) is 0.871. The van der Waals surface area contributed by atoms with E-state index in [1.165, 1.54) is 181 Å². The zero-order valence-electron chi connectivity index (χ0n) is 88.3. The van der Waals surface area contributed by atoms with E-state index in [0.717, 1.165) is 96.3 Å². The molecule has 0 heterocycles. The maximum Gasteiger partial charge on any atom is 0.323 e. The molecule has 6 rings (SSSR count). The molecule has 4 unspecified atom stereocenters. The summed E-state index contributed by atoms with van der Waals surface area (Å²) in [6, 6.07) is 41.7. The van der Waals surface area contributed by atoms with Crippen molar-refractivity contribution in [1.29, 1.82) is 0 Å². The van der Waals surface area contributed by atoms with Gasteiger partial charge in [0.1, 0.15) is 25.2 Å². The zero-order valence-corrected chi connectivity index (χ0v) is 89.1. The van der Waals surface area contributed by atoms with Crippen molar-refractivity contribution in [1.82, 2.24) is 15.1 Å². The molecule has 0 radical (unpaired) electrons. The number of ether oxygens (including phenoxy) is 6. The SMILES string of the molecule is CC(CC(=O)Cl)CC(C)(C)C.CCCCCCCCCCCCCOc1ccc(C=O)cc1OCCCCCCCCCCCCC.COC(=O)CCCc1ccc(C)c(C)c1.COC(=O)CN.Cc1ccc(CN(CC(=O)NCCOCCOc2ccc(C(N)c3ccccc3)cc2)C(=O)CC(C)CC(C)(C)C)cc1C.Cc1ccc(CN(CC(=O)O)C(=O)CC(C)CC(C)(C)C)cc1C. The molecule has 0 aliphatic carbocycles. The van der Waals surface area contributed by atoms with E-state index in [1.54, 1.807) is 4.90 Å². The Bertz CT molecular complexity index is 4260. The van der Waals surface area contributed by atoms with Gasteiger partial charge in [0.25, 0.3) is 0 Å². The number of rotatable bonds is 58. The highest BCUT2D eigenvalue weighted by atomic mass is 35.5. The molecule has 764 valence electrons. The first-order chi connectivity index (χ1) is 64.4. The second-order valence-corrected chi connectivity index (χ2v) is 41.2. The van der Waals surface area contributed by atoms with Gasteiger partial charge < -0.3 is 60.1 Å². The van der Waals surface area contributed by atoms with Crippen LogP contribution in [-0.2, 0) is 67.3 Å². The Labute approximate surface area is 827 Å². The van der Waals surface area contributed by atoms with Gasteiger partial charge in [-0.05, 0) is 224 Å². The number of carbonyl (C=O) groups excluding carboxylic acids is 7. The molecular formula is C115H182ClN5O15. The van der Waals surface area contributed by atoms with Crippen LogP contribution in [0.5, 0.6) is 17.2 Å². The van der Waals surface area contributed by atoms with Gasteiger partial charge in [-0.15, -0.1) is 0 Å². The number of hydrogen-bond donors (Lipinski definition) is 4. The van der Waals surface area contributed by atoms with Crippen LogP contribution in [0, 0.1) is 75.5 Å². The summed E-state index contributed by atoms with van der Waals surface area (Å²) in [5.41, 5.74) is 25.1. The van der Waals surface area contributed by atoms with Crippen molar-refractivity contribution in [3.05, 3.63) is 194 Å². The molecule has 0 saturated heterocycles. The molecule has 0 bridgehead atoms. The summed E-state index contributed by atoms with van der Waals surface area (Å²) in [6.07, 6.45) is 36.6. The average molecular weight is 1910 g/mol. The molecule has 0 aliphatic rings. The highest BCUT2D eigenvalue weighted by Gasteiger charge is 2.26. The van der Waals surface area contributed by atoms with Crippen molar-refractivity contribution in [3.63, 3.8) is 0 Å². The number of methoxy groups -OCH3 is 2. The number of carboxylic acid groups (broad SMARTS) is 1. The quantitative estimate of drug-likeness (QED) is 0.0119. The third kappa shape index (κ3) is 65.0. The van der Waals surface area contributed by atoms with E-state index >= 15 is 0 Å². The fourth-order valence-electron chi connectivity index (χ4n) is 16.1. The van der Waals surface area contributed by atoms with Crippen LogP contribution in [-0.4, -0.2) is 135 Å². The molecule has 0 spiro atoms. The number of hydrogen-bond acceptors (Lipinski definition) is 16. The topological polar surface area (TPSA) is 283 Å². The Kier molecular flexibility index (Phi) is 67.3. The highest BCUT2D eigenvalue weighted by Crippen LogP contribution is 2.33. The molecule has 6 aromatic carbocycles. The number of nitrogens with two attached hydrogens (primary N) is 2. The van der Waals surface area contributed by atoms with Gasteiger partial charge >= 0.3 is 17.9 Å². The van der Waals surface area contributed by atoms with Gasteiger partial charge in [0, 0.05) is 50.9 Å². The molecule has 6 aromatic rings. The summed E-state index contributed by atoms with van der Waals surface area (Å²) in [6.45, 7) is 46.1. The van der Waals surface area contributed by atoms with E-state index in [1.807, 2.05) is 111 Å². The summed E-state index contributed by atoms with van der Waals surface area (Å²) in [7, 11) is 2.73. The smallest absolute Gasteiger partial charge is 0.323 e. The lowest BCUT2D eigenvalue weighted by atomic mass is 9.84. The summed E-state index contributed by atoms with van der Waals surface area (Å²) < 4.78 is 32.2. The van der Waals surface area contributed by atoms with Gasteiger partial charge in [-0.25, -0.2) is 0 Å². The number of benzene rings is 6. The molecule has 0 saturated carbocycles. The Balaban J connectivity index is 0.000000895. The second-order valence-electron chi connectivity index (χ2n) is 40.8. The fraction of sp³-hybridized carbons (Fsp3) is 0.617. The number of nitrogens with one attached hydrogen (secondary N) is 1. The number of unbranched alkanes of at least 4 members (excludes halogenated alkanes) is 20. The van der Waals surface area contributed by atoms with Gasteiger partial charge in [0.15, 0.2) is 11.5 Å². The first kappa shape index (κ1) is 125. The van der Waals surface area contributed by atoms with Crippen LogP contribution in [0.15, 0.2) is 127 Å². The van der Waals surface area contributed by atoms with Gasteiger partial charge in [-0.3, -0.25) is 38.4 Å². The van der Waals surface area contributed by atoms with Gasteiger partial charge in [-0.2, -0.15) is 0 Å². The van der Waals surface area contributed by atoms with Crippen LogP contribution >= 0.6 is 11.6 Å². The standard InChI is InChI=1S/C37H51N3O4.C33H58O3.C20H31NO3.C13H18O2.C9H17ClO.C3H7NO2/c1-27(24-37(4,5)6)22-35(42)40(25-30-13-12-28(2)29(3)23-30)26-34(41)39-18-19-43-20-21-44-33-16-14-32(15-17-33)36(38)31-10-8-7-9-11-31;1-3-5-7-9-11-13-15-17-19-21-23-27-35-32-26-25-31(30-34)29-33(32)36-28-24-22-20-18-16-14-12-10-8-6-4-2;1-14(11-20(4,5)6)9-18(22)21(13-19(23)24)12-17-8-7-15(2)16(3)10-17;1-10-7-8-12(9-11(10)2)5-4-6-13(14)15-3;1-7(5-8(10)11)6-9(2,3)4;1-6-3(5)2-4/h7-17,23,27,36H,18-22,24-26,38H2,1-6H3,(H,39,41);25-26,29-30H,3-24,27-28H2,1-2H3;7-8,10,14H,9,11-13H2,1-6H3,(H,23,24);7-9H,4-6H2,1-3H3;7H,5-6H2,1-4H3;2,4H2,1H3. The van der Waals surface area contributed by atoms with Crippen molar-refractivity contribution in [2.45, 2.75) is 357 Å². The number of esters is 2. The van der Waals surface area contributed by atoms with Crippen molar-refractivity contribution in [2.75, 3.05) is 73.4 Å². The number of amides is 3. The molecule has 3 amide bonds. The zero-order chi connectivity index (χ0) is 102. The maximum atomic E-state index is 13.3. The number of aryl methyl sites for hydroxylation is 7. The molecule has 0 aromatic heterocycles. The highest BCUT2D eigenvalue weighted by molar-refractivity contribution is 6.63. The predicted molar refractivity (Wildman–Crippen MR) is 561 cm³/mol. The minimum absolute atomic E-state index is 0.00129. The summed E-state index contributed by atoms with van der Waals surface area (Å²) >= 11 is 5.26. The molecule has 136 heavy (non-hydrogen) atoms. The molecule has 0 aliphatic heterocycles. The van der Waals surface area contributed by atoms with E-state index in [2.05, 4.69) is 170 Å². The minimum Gasteiger partial charge on any atom is -0.491 e. The fourth-order valence-corrected chi connectivity index (χ4v) is 16.4. The second kappa shape index (κ2) is 73.2. The summed E-state index contributed by atoms with van der Waals surface area (Å²) in [5.74, 6) is 1.33. The number of halogens is 1. The lowest BCUT2D eigenvalue weighted by Gasteiger charge is -2.27. The van der Waals surface area contributed by atoms with Crippen LogP contribution in [0.3, 0.4) is 0 Å². The largest absolute Gasteiger partial charge is 0.491 e. The van der Waals surface area contributed by atoms with Gasteiger partial charge in [0.05, 0.1) is 59.8 Å². The van der Waals surface area contributed by atoms with E-state index in [4.69, 9.17) is 47.1 Å². The van der Waals surface area contributed by atoms with E-state index < -0.39 is 5.97 Å². The van der Waals surface area contributed by atoms with Gasteiger partial charge in [-0.1, -0.05) is 322 Å². The Morgan fingerprint density at radius 2 is 0.846 bits per heavy atom. The monoisotopic (exact) mass is 1910 g/mol. The molecule has 4 atom stereocenters. The molecular weight excluding hydrogens is 1730 g/mol. The predicted octanol–water partition coefficient (Wildman–Crippen LogP) is 26.5. The number of aldehydes is 1. The first-order valence-electron chi connectivity index (χ1n) is 50.7. The molecule has 0 fully saturated rings. The van der Waals surface area contributed by atoms with Gasteiger partial charge in [0.2, 0.25) is 23.0 Å². The van der Waals surface area contributed by atoms with Crippen molar-refractivity contribution in [3.8, 4) is 17.2 Å². The van der Waals surface area contributed by atoms with Crippen LogP contribution in [0.25, 0.3) is 0 Å².